The van der Waals surface area contributed by atoms with Crippen LogP contribution in [0.4, 0.5) is 0 Å². The third-order valence-electron chi connectivity index (χ3n) is 7.17. The summed E-state index contributed by atoms with van der Waals surface area (Å²) in [5, 5.41) is 11.6. The zero-order valence-electron chi connectivity index (χ0n) is 21.6. The van der Waals surface area contributed by atoms with Crippen molar-refractivity contribution in [2.24, 2.45) is 0 Å². The first-order valence-corrected chi connectivity index (χ1v) is 12.8. The molecule has 0 radical (unpaired) electrons. The summed E-state index contributed by atoms with van der Waals surface area (Å²) in [5.74, 6) is -0.478. The van der Waals surface area contributed by atoms with Crippen molar-refractivity contribution in [3.05, 3.63) is 70.3 Å². The van der Waals surface area contributed by atoms with E-state index in [1.807, 2.05) is 50.2 Å². The van der Waals surface area contributed by atoms with Crippen molar-refractivity contribution in [1.82, 2.24) is 4.90 Å². The van der Waals surface area contributed by atoms with E-state index in [4.69, 9.17) is 4.74 Å². The molecule has 4 rings (SSSR count). The van der Waals surface area contributed by atoms with Crippen LogP contribution in [0.3, 0.4) is 0 Å². The Balaban J connectivity index is 1.89. The lowest BCUT2D eigenvalue weighted by atomic mass is 9.84. The number of likely N-dealkylation sites (tertiary alicyclic amines) is 1. The molecule has 1 heterocycles. The predicted molar refractivity (Wildman–Crippen MR) is 139 cm³/mol. The average Bonchev–Trinajstić information content (AvgIpc) is 3.09. The molecule has 0 spiro atoms. The van der Waals surface area contributed by atoms with Gasteiger partial charge in [-0.3, -0.25) is 9.59 Å². The number of hydrogen-bond acceptors (Lipinski definition) is 4. The lowest BCUT2D eigenvalue weighted by Crippen LogP contribution is -2.40. The Morgan fingerprint density at radius 3 is 2.40 bits per heavy atom. The van der Waals surface area contributed by atoms with Gasteiger partial charge in [0.05, 0.1) is 18.2 Å². The highest BCUT2D eigenvalue weighted by Crippen LogP contribution is 2.44. The lowest BCUT2D eigenvalue weighted by Gasteiger charge is -2.35. The SMILES string of the molecule is CCOc1ccc(/C(O)=C2/C(=O)C(=O)N(C3CCCCC3)C2c2cccc(C)c2)cc1C(C)(C)C. The van der Waals surface area contributed by atoms with E-state index in [9.17, 15) is 14.7 Å². The van der Waals surface area contributed by atoms with E-state index in [2.05, 4.69) is 20.8 Å². The minimum absolute atomic E-state index is 0.00137. The van der Waals surface area contributed by atoms with Crippen LogP contribution < -0.4 is 4.74 Å². The summed E-state index contributed by atoms with van der Waals surface area (Å²) in [4.78, 5) is 28.6. The summed E-state index contributed by atoms with van der Waals surface area (Å²) in [7, 11) is 0. The minimum Gasteiger partial charge on any atom is -0.507 e. The maximum atomic E-state index is 13.5. The fourth-order valence-electron chi connectivity index (χ4n) is 5.45. The van der Waals surface area contributed by atoms with Crippen molar-refractivity contribution in [1.29, 1.82) is 0 Å². The molecule has 2 aromatic rings. The van der Waals surface area contributed by atoms with Crippen LogP contribution in [0.1, 0.15) is 88.1 Å². The average molecular weight is 476 g/mol. The number of aliphatic hydroxyl groups is 1. The summed E-state index contributed by atoms with van der Waals surface area (Å²) >= 11 is 0. The first kappa shape index (κ1) is 25.0. The number of benzene rings is 2. The Morgan fingerprint density at radius 1 is 1.06 bits per heavy atom. The first-order valence-electron chi connectivity index (χ1n) is 12.8. The van der Waals surface area contributed by atoms with Gasteiger partial charge in [0.15, 0.2) is 0 Å². The first-order chi connectivity index (χ1) is 16.6. The molecule has 1 unspecified atom stereocenters. The molecule has 1 saturated carbocycles. The Labute approximate surface area is 208 Å². The fourth-order valence-corrected chi connectivity index (χ4v) is 5.45. The third-order valence-corrected chi connectivity index (χ3v) is 7.17. The Hall–Kier alpha value is -3.08. The fraction of sp³-hybridized carbons (Fsp3) is 0.467. The largest absolute Gasteiger partial charge is 0.507 e. The smallest absolute Gasteiger partial charge is 0.295 e. The highest BCUT2D eigenvalue weighted by molar-refractivity contribution is 6.46. The molecule has 0 aromatic heterocycles. The molecule has 0 bridgehead atoms. The van der Waals surface area contributed by atoms with Gasteiger partial charge in [-0.05, 0) is 55.9 Å². The number of Topliss-reactive ketones (excluding diaryl/α,β-unsaturated/α-hetero) is 1. The molecule has 1 aliphatic carbocycles. The van der Waals surface area contributed by atoms with Crippen LogP contribution in [0.25, 0.3) is 5.76 Å². The van der Waals surface area contributed by atoms with Crippen molar-refractivity contribution >= 4 is 17.4 Å². The molecule has 35 heavy (non-hydrogen) atoms. The molecule has 2 aliphatic rings. The summed E-state index contributed by atoms with van der Waals surface area (Å²) in [6.07, 6.45) is 5.00. The summed E-state index contributed by atoms with van der Waals surface area (Å²) in [6, 6.07) is 12.8. The van der Waals surface area contributed by atoms with Gasteiger partial charge >= 0.3 is 0 Å². The van der Waals surface area contributed by atoms with Crippen LogP contribution >= 0.6 is 0 Å². The van der Waals surface area contributed by atoms with E-state index in [0.717, 1.165) is 54.5 Å². The molecule has 1 aliphatic heterocycles. The number of rotatable bonds is 5. The van der Waals surface area contributed by atoms with Crippen LogP contribution in [0.2, 0.25) is 0 Å². The summed E-state index contributed by atoms with van der Waals surface area (Å²) in [5.41, 5.74) is 3.32. The number of aliphatic hydroxyl groups excluding tert-OH is 1. The minimum atomic E-state index is -0.606. The quantitative estimate of drug-likeness (QED) is 0.307. The molecule has 5 nitrogen and oxygen atoms in total. The number of nitrogens with zero attached hydrogens (tertiary/aromatic N) is 1. The van der Waals surface area contributed by atoms with E-state index in [1.165, 1.54) is 0 Å². The second kappa shape index (κ2) is 9.88. The second-order valence-corrected chi connectivity index (χ2v) is 10.8. The van der Waals surface area contributed by atoms with Crippen LogP contribution in [0.5, 0.6) is 5.75 Å². The molecule has 186 valence electrons. The monoisotopic (exact) mass is 475 g/mol. The van der Waals surface area contributed by atoms with Crippen molar-refractivity contribution in [3.63, 3.8) is 0 Å². The molecular weight excluding hydrogens is 438 g/mol. The van der Waals surface area contributed by atoms with Crippen LogP contribution in [0.15, 0.2) is 48.0 Å². The molecular formula is C30H37NO4. The van der Waals surface area contributed by atoms with Crippen LogP contribution in [0, 0.1) is 6.92 Å². The van der Waals surface area contributed by atoms with Gasteiger partial charge < -0.3 is 14.7 Å². The van der Waals surface area contributed by atoms with E-state index < -0.39 is 17.7 Å². The number of carbonyl (C=O) groups excluding carboxylic acids is 2. The highest BCUT2D eigenvalue weighted by atomic mass is 16.5. The number of hydrogen-bond donors (Lipinski definition) is 1. The van der Waals surface area contributed by atoms with Gasteiger partial charge in [0.2, 0.25) is 0 Å². The van der Waals surface area contributed by atoms with E-state index in [-0.39, 0.29) is 22.8 Å². The van der Waals surface area contributed by atoms with E-state index in [1.54, 1.807) is 11.0 Å². The molecule has 2 fully saturated rings. The Bertz CT molecular complexity index is 1150. The summed E-state index contributed by atoms with van der Waals surface area (Å²) < 4.78 is 5.83. The maximum Gasteiger partial charge on any atom is 0.295 e. The van der Waals surface area contributed by atoms with Gasteiger partial charge in [0.1, 0.15) is 11.5 Å². The van der Waals surface area contributed by atoms with Crippen molar-refractivity contribution in [2.45, 2.75) is 84.2 Å². The van der Waals surface area contributed by atoms with Gasteiger partial charge in [-0.1, -0.05) is 69.9 Å². The van der Waals surface area contributed by atoms with Gasteiger partial charge in [0, 0.05) is 17.2 Å². The molecule has 1 amide bonds. The molecule has 1 saturated heterocycles. The number of amides is 1. The van der Waals surface area contributed by atoms with E-state index >= 15 is 0 Å². The number of ketones is 1. The van der Waals surface area contributed by atoms with Crippen LogP contribution in [-0.4, -0.2) is 34.3 Å². The Kier molecular flexibility index (Phi) is 7.07. The number of aryl methyl sites for hydroxylation is 1. The maximum absolute atomic E-state index is 13.5. The normalized spacial score (nSPS) is 20.9. The van der Waals surface area contributed by atoms with Crippen molar-refractivity contribution in [3.8, 4) is 5.75 Å². The van der Waals surface area contributed by atoms with E-state index in [0.29, 0.717) is 12.2 Å². The van der Waals surface area contributed by atoms with Crippen molar-refractivity contribution in [2.75, 3.05) is 6.61 Å². The van der Waals surface area contributed by atoms with Gasteiger partial charge in [-0.15, -0.1) is 0 Å². The molecule has 1 atom stereocenters. The van der Waals surface area contributed by atoms with Crippen molar-refractivity contribution < 1.29 is 19.4 Å². The highest BCUT2D eigenvalue weighted by Gasteiger charge is 2.49. The zero-order chi connectivity index (χ0) is 25.3. The van der Waals surface area contributed by atoms with Crippen LogP contribution in [-0.2, 0) is 15.0 Å². The summed E-state index contributed by atoms with van der Waals surface area (Å²) in [6.45, 7) is 10.7. The zero-order valence-corrected chi connectivity index (χ0v) is 21.6. The standard InChI is InChI=1S/C30H37NO4/c1-6-35-24-16-15-21(18-23(24)30(3,4)5)27(32)25-26(20-12-10-11-19(2)17-20)31(29(34)28(25)33)22-13-8-7-9-14-22/h10-12,15-18,22,26,32H,6-9,13-14H2,1-5H3/b27-25-. The Morgan fingerprint density at radius 2 is 1.77 bits per heavy atom. The second-order valence-electron chi connectivity index (χ2n) is 10.8. The molecule has 5 heteroatoms. The predicted octanol–water partition coefficient (Wildman–Crippen LogP) is 6.45. The molecule has 2 aromatic carbocycles. The van der Waals surface area contributed by atoms with Gasteiger partial charge in [0.25, 0.3) is 11.7 Å². The third kappa shape index (κ3) is 4.86. The number of ether oxygens (including phenoxy) is 1. The van der Waals surface area contributed by atoms with Gasteiger partial charge in [-0.25, -0.2) is 0 Å². The lowest BCUT2D eigenvalue weighted by molar-refractivity contribution is -0.141. The molecule has 1 N–H and O–H groups in total. The topological polar surface area (TPSA) is 66.8 Å². The van der Waals surface area contributed by atoms with Gasteiger partial charge in [-0.2, -0.15) is 0 Å². The number of carbonyl (C=O) groups is 2.